The number of hydrogen-bond acceptors (Lipinski definition) is 2. The molecule has 0 radical (unpaired) electrons. The number of rotatable bonds is 6. The standard InChI is InChI=1S/C13H26N2/c1-5-15-12(4)6-7-13(15)8-9-14-10-11(2)3/h5,11-14H,1,6-10H2,2-4H3. The van der Waals surface area contributed by atoms with Crippen LogP contribution in [0.15, 0.2) is 12.8 Å². The summed E-state index contributed by atoms with van der Waals surface area (Å²) in [5.74, 6) is 0.753. The predicted molar refractivity (Wildman–Crippen MR) is 66.8 cm³/mol. The van der Waals surface area contributed by atoms with E-state index in [0.29, 0.717) is 6.04 Å². The van der Waals surface area contributed by atoms with Gasteiger partial charge in [-0.25, -0.2) is 0 Å². The quantitative estimate of drug-likeness (QED) is 0.678. The first-order valence-electron chi connectivity index (χ1n) is 6.25. The van der Waals surface area contributed by atoms with Crippen molar-refractivity contribution in [3.63, 3.8) is 0 Å². The van der Waals surface area contributed by atoms with Crippen molar-refractivity contribution >= 4 is 0 Å². The average molecular weight is 210 g/mol. The molecule has 2 atom stereocenters. The molecule has 0 bridgehead atoms. The van der Waals surface area contributed by atoms with Gasteiger partial charge in [-0.3, -0.25) is 0 Å². The van der Waals surface area contributed by atoms with Crippen molar-refractivity contribution in [3.8, 4) is 0 Å². The predicted octanol–water partition coefficient (Wildman–Crippen LogP) is 2.62. The maximum absolute atomic E-state index is 3.91. The fourth-order valence-electron chi connectivity index (χ4n) is 2.37. The molecule has 2 unspecified atom stereocenters. The second-order valence-electron chi connectivity index (χ2n) is 5.10. The molecule has 1 saturated heterocycles. The smallest absolute Gasteiger partial charge is 0.0299 e. The minimum Gasteiger partial charge on any atom is -0.372 e. The summed E-state index contributed by atoms with van der Waals surface area (Å²) in [6, 6.07) is 1.41. The molecule has 0 spiro atoms. The van der Waals surface area contributed by atoms with Gasteiger partial charge in [0.25, 0.3) is 0 Å². The monoisotopic (exact) mass is 210 g/mol. The zero-order chi connectivity index (χ0) is 11.3. The molecule has 2 nitrogen and oxygen atoms in total. The zero-order valence-corrected chi connectivity index (χ0v) is 10.5. The molecule has 88 valence electrons. The molecule has 1 N–H and O–H groups in total. The van der Waals surface area contributed by atoms with Gasteiger partial charge in [0.05, 0.1) is 0 Å². The fourth-order valence-corrected chi connectivity index (χ4v) is 2.37. The summed E-state index contributed by atoms with van der Waals surface area (Å²) in [4.78, 5) is 2.43. The maximum Gasteiger partial charge on any atom is 0.0299 e. The third-order valence-corrected chi connectivity index (χ3v) is 3.27. The minimum atomic E-state index is 0.692. The van der Waals surface area contributed by atoms with E-state index in [0.717, 1.165) is 25.0 Å². The van der Waals surface area contributed by atoms with E-state index in [9.17, 15) is 0 Å². The van der Waals surface area contributed by atoms with Crippen LogP contribution >= 0.6 is 0 Å². The first-order chi connectivity index (χ1) is 7.15. The van der Waals surface area contributed by atoms with Crippen LogP contribution in [0.25, 0.3) is 0 Å². The second kappa shape index (κ2) is 6.16. The summed E-state index contributed by atoms with van der Waals surface area (Å²) in [5, 5.41) is 3.51. The number of hydrogen-bond donors (Lipinski definition) is 1. The van der Waals surface area contributed by atoms with E-state index >= 15 is 0 Å². The lowest BCUT2D eigenvalue weighted by Gasteiger charge is -2.26. The molecule has 1 fully saturated rings. The van der Waals surface area contributed by atoms with Crippen molar-refractivity contribution in [2.45, 2.75) is 52.1 Å². The van der Waals surface area contributed by atoms with Crippen LogP contribution in [0.4, 0.5) is 0 Å². The van der Waals surface area contributed by atoms with E-state index in [2.05, 4.69) is 37.6 Å². The van der Waals surface area contributed by atoms with Gasteiger partial charge in [-0.2, -0.15) is 0 Å². The number of nitrogens with zero attached hydrogens (tertiary/aromatic N) is 1. The molecule has 0 aromatic rings. The van der Waals surface area contributed by atoms with E-state index < -0.39 is 0 Å². The van der Waals surface area contributed by atoms with Crippen molar-refractivity contribution in [1.29, 1.82) is 0 Å². The van der Waals surface area contributed by atoms with Crippen LogP contribution in [0.1, 0.15) is 40.0 Å². The molecule has 1 heterocycles. The van der Waals surface area contributed by atoms with Gasteiger partial charge in [-0.05, 0) is 51.4 Å². The van der Waals surface area contributed by atoms with Gasteiger partial charge in [0, 0.05) is 12.1 Å². The van der Waals surface area contributed by atoms with Crippen molar-refractivity contribution in [2.75, 3.05) is 13.1 Å². The Labute approximate surface area is 94.7 Å². The van der Waals surface area contributed by atoms with Crippen LogP contribution in [0.5, 0.6) is 0 Å². The summed E-state index contributed by atoms with van der Waals surface area (Å²) < 4.78 is 0. The van der Waals surface area contributed by atoms with Crippen LogP contribution in [-0.2, 0) is 0 Å². The van der Waals surface area contributed by atoms with E-state index in [1.807, 2.05) is 6.20 Å². The molecule has 1 aliphatic heterocycles. The molecular weight excluding hydrogens is 184 g/mol. The summed E-state index contributed by atoms with van der Waals surface area (Å²) in [6.07, 6.45) is 5.92. The highest BCUT2D eigenvalue weighted by molar-refractivity contribution is 4.91. The Kier molecular flexibility index (Phi) is 5.16. The van der Waals surface area contributed by atoms with Gasteiger partial charge in [0.15, 0.2) is 0 Å². The first kappa shape index (κ1) is 12.6. The van der Waals surface area contributed by atoms with Crippen molar-refractivity contribution in [1.82, 2.24) is 10.2 Å². The third kappa shape index (κ3) is 3.86. The second-order valence-corrected chi connectivity index (χ2v) is 5.10. The molecule has 0 aromatic carbocycles. The Balaban J connectivity index is 2.18. The van der Waals surface area contributed by atoms with Crippen LogP contribution in [-0.4, -0.2) is 30.1 Å². The highest BCUT2D eigenvalue weighted by Gasteiger charge is 2.26. The van der Waals surface area contributed by atoms with Gasteiger partial charge in [-0.15, -0.1) is 0 Å². The third-order valence-electron chi connectivity index (χ3n) is 3.27. The Bertz CT molecular complexity index is 189. The van der Waals surface area contributed by atoms with E-state index in [1.165, 1.54) is 19.3 Å². The highest BCUT2D eigenvalue weighted by atomic mass is 15.2. The number of nitrogens with one attached hydrogen (secondary N) is 1. The molecule has 0 saturated carbocycles. The normalized spacial score (nSPS) is 26.3. The SMILES string of the molecule is C=CN1C(C)CCC1CCNCC(C)C. The lowest BCUT2D eigenvalue weighted by atomic mass is 10.1. The van der Waals surface area contributed by atoms with E-state index in [1.54, 1.807) is 0 Å². The molecule has 1 rings (SSSR count). The van der Waals surface area contributed by atoms with Crippen LogP contribution in [0.3, 0.4) is 0 Å². The van der Waals surface area contributed by atoms with Crippen LogP contribution in [0, 0.1) is 5.92 Å². The number of likely N-dealkylation sites (tertiary alicyclic amines) is 1. The average Bonchev–Trinajstić information content (AvgIpc) is 2.53. The van der Waals surface area contributed by atoms with Crippen LogP contribution in [0.2, 0.25) is 0 Å². The van der Waals surface area contributed by atoms with Gasteiger partial charge in [-0.1, -0.05) is 20.4 Å². The fraction of sp³-hybridized carbons (Fsp3) is 0.846. The summed E-state index contributed by atoms with van der Waals surface area (Å²) in [7, 11) is 0. The van der Waals surface area contributed by atoms with Gasteiger partial charge >= 0.3 is 0 Å². The van der Waals surface area contributed by atoms with E-state index in [4.69, 9.17) is 0 Å². The summed E-state index contributed by atoms with van der Waals surface area (Å²) >= 11 is 0. The Morgan fingerprint density at radius 3 is 2.80 bits per heavy atom. The lowest BCUT2D eigenvalue weighted by molar-refractivity contribution is 0.276. The highest BCUT2D eigenvalue weighted by Crippen LogP contribution is 2.25. The molecular formula is C13H26N2. The minimum absolute atomic E-state index is 0.692. The summed E-state index contributed by atoms with van der Waals surface area (Å²) in [5.41, 5.74) is 0. The largest absolute Gasteiger partial charge is 0.372 e. The van der Waals surface area contributed by atoms with E-state index in [-0.39, 0.29) is 0 Å². The molecule has 2 heteroatoms. The van der Waals surface area contributed by atoms with Gasteiger partial charge < -0.3 is 10.2 Å². The lowest BCUT2D eigenvalue weighted by Crippen LogP contribution is -2.32. The molecule has 0 aromatic heterocycles. The van der Waals surface area contributed by atoms with Gasteiger partial charge in [0.2, 0.25) is 0 Å². The summed E-state index contributed by atoms with van der Waals surface area (Å²) in [6.45, 7) is 13.0. The first-order valence-corrected chi connectivity index (χ1v) is 6.25. The van der Waals surface area contributed by atoms with Gasteiger partial charge in [0.1, 0.15) is 0 Å². The van der Waals surface area contributed by atoms with Crippen LogP contribution < -0.4 is 5.32 Å². The topological polar surface area (TPSA) is 15.3 Å². The Hall–Kier alpha value is -0.500. The zero-order valence-electron chi connectivity index (χ0n) is 10.5. The Morgan fingerprint density at radius 1 is 1.47 bits per heavy atom. The maximum atomic E-state index is 3.91. The molecule has 0 aliphatic carbocycles. The Morgan fingerprint density at radius 2 is 2.20 bits per heavy atom. The van der Waals surface area contributed by atoms with Crippen molar-refractivity contribution in [3.05, 3.63) is 12.8 Å². The van der Waals surface area contributed by atoms with Crippen molar-refractivity contribution in [2.24, 2.45) is 5.92 Å². The van der Waals surface area contributed by atoms with Crippen molar-refractivity contribution < 1.29 is 0 Å². The molecule has 15 heavy (non-hydrogen) atoms. The molecule has 1 aliphatic rings. The molecule has 0 amide bonds.